The zero-order valence-electron chi connectivity index (χ0n) is 8.58. The van der Waals surface area contributed by atoms with Crippen LogP contribution in [0.25, 0.3) is 0 Å². The first-order valence-corrected chi connectivity index (χ1v) is 5.46. The summed E-state index contributed by atoms with van der Waals surface area (Å²) >= 11 is 1.64. The minimum Gasteiger partial charge on any atom is -0.387 e. The average molecular weight is 224 g/mol. The summed E-state index contributed by atoms with van der Waals surface area (Å²) < 4.78 is 1.70. The molecular formula is C9H12N4OS. The van der Waals surface area contributed by atoms with Gasteiger partial charge in [0, 0.05) is 11.1 Å². The van der Waals surface area contributed by atoms with Gasteiger partial charge in [-0.25, -0.2) is 9.67 Å². The fourth-order valence-corrected chi connectivity index (χ4v) is 2.01. The van der Waals surface area contributed by atoms with Crippen molar-refractivity contribution in [2.24, 2.45) is 0 Å². The van der Waals surface area contributed by atoms with Crippen LogP contribution in [-0.2, 0) is 6.54 Å². The summed E-state index contributed by atoms with van der Waals surface area (Å²) in [7, 11) is 0. The number of hydrogen-bond acceptors (Lipinski definition) is 5. The van der Waals surface area contributed by atoms with Gasteiger partial charge in [-0.3, -0.25) is 0 Å². The summed E-state index contributed by atoms with van der Waals surface area (Å²) in [4.78, 5) is 5.30. The van der Waals surface area contributed by atoms with Crippen LogP contribution in [0.1, 0.15) is 28.6 Å². The molecule has 0 radical (unpaired) electrons. The van der Waals surface area contributed by atoms with Crippen molar-refractivity contribution >= 4 is 11.3 Å². The molecule has 0 spiro atoms. The molecule has 6 heteroatoms. The number of aliphatic hydroxyl groups is 1. The Hall–Kier alpha value is -1.27. The summed E-state index contributed by atoms with van der Waals surface area (Å²) in [6, 6.07) is 0. The number of rotatable bonds is 3. The maximum Gasteiger partial charge on any atom is 0.111 e. The molecule has 0 amide bonds. The average Bonchev–Trinajstić information content (AvgIpc) is 2.76. The number of aromatic nitrogens is 4. The number of hydrogen-bond donors (Lipinski definition) is 1. The molecule has 0 aromatic carbocycles. The predicted molar refractivity (Wildman–Crippen MR) is 56.6 cm³/mol. The molecule has 15 heavy (non-hydrogen) atoms. The van der Waals surface area contributed by atoms with E-state index in [-0.39, 0.29) is 0 Å². The lowest BCUT2D eigenvalue weighted by atomic mass is 10.3. The van der Waals surface area contributed by atoms with E-state index in [1.165, 1.54) is 0 Å². The maximum absolute atomic E-state index is 9.28. The largest absolute Gasteiger partial charge is 0.387 e. The van der Waals surface area contributed by atoms with E-state index >= 15 is 0 Å². The van der Waals surface area contributed by atoms with Gasteiger partial charge < -0.3 is 5.11 Å². The zero-order valence-corrected chi connectivity index (χ0v) is 9.40. The first-order valence-electron chi connectivity index (χ1n) is 4.64. The van der Waals surface area contributed by atoms with Crippen molar-refractivity contribution < 1.29 is 5.11 Å². The summed E-state index contributed by atoms with van der Waals surface area (Å²) in [5, 5.41) is 18.1. The SMILES string of the molecule is Cc1ncc(Cn2cc(C(C)O)nn2)s1. The molecule has 2 heterocycles. The highest BCUT2D eigenvalue weighted by Gasteiger charge is 2.07. The van der Waals surface area contributed by atoms with Crippen molar-refractivity contribution in [2.45, 2.75) is 26.5 Å². The summed E-state index contributed by atoms with van der Waals surface area (Å²) in [5.74, 6) is 0. The van der Waals surface area contributed by atoms with Crippen LogP contribution in [0.5, 0.6) is 0 Å². The topological polar surface area (TPSA) is 63.8 Å². The Morgan fingerprint density at radius 3 is 2.93 bits per heavy atom. The number of aryl methyl sites for hydroxylation is 1. The third-order valence-electron chi connectivity index (χ3n) is 1.97. The van der Waals surface area contributed by atoms with Gasteiger partial charge in [-0.05, 0) is 13.8 Å². The highest BCUT2D eigenvalue weighted by Crippen LogP contribution is 2.13. The van der Waals surface area contributed by atoms with Crippen LogP contribution in [0.4, 0.5) is 0 Å². The van der Waals surface area contributed by atoms with Crippen LogP contribution in [0.3, 0.4) is 0 Å². The van der Waals surface area contributed by atoms with Gasteiger partial charge in [0.05, 0.1) is 23.9 Å². The van der Waals surface area contributed by atoms with E-state index in [1.54, 1.807) is 29.1 Å². The molecule has 2 aromatic rings. The van der Waals surface area contributed by atoms with E-state index in [4.69, 9.17) is 0 Å². The quantitative estimate of drug-likeness (QED) is 0.849. The van der Waals surface area contributed by atoms with E-state index in [0.29, 0.717) is 12.2 Å². The third-order valence-corrected chi connectivity index (χ3v) is 2.87. The minimum atomic E-state index is -0.568. The van der Waals surface area contributed by atoms with Crippen molar-refractivity contribution in [3.63, 3.8) is 0 Å². The molecule has 2 aromatic heterocycles. The molecule has 0 aliphatic carbocycles. The van der Waals surface area contributed by atoms with Crippen LogP contribution < -0.4 is 0 Å². The molecule has 80 valence electrons. The van der Waals surface area contributed by atoms with E-state index in [2.05, 4.69) is 15.3 Å². The summed E-state index contributed by atoms with van der Waals surface area (Å²) in [6.07, 6.45) is 3.02. The van der Waals surface area contributed by atoms with Crippen LogP contribution in [0, 0.1) is 6.92 Å². The van der Waals surface area contributed by atoms with Crippen LogP contribution in [-0.4, -0.2) is 25.1 Å². The minimum absolute atomic E-state index is 0.568. The Bertz CT molecular complexity index is 448. The van der Waals surface area contributed by atoms with Crippen molar-refractivity contribution in [1.29, 1.82) is 0 Å². The molecule has 0 saturated carbocycles. The fraction of sp³-hybridized carbons (Fsp3) is 0.444. The Morgan fingerprint density at radius 1 is 1.60 bits per heavy atom. The van der Waals surface area contributed by atoms with Gasteiger partial charge in [-0.15, -0.1) is 16.4 Å². The van der Waals surface area contributed by atoms with Crippen molar-refractivity contribution in [3.05, 3.63) is 28.0 Å². The molecular weight excluding hydrogens is 212 g/mol. The first-order chi connectivity index (χ1) is 7.15. The monoisotopic (exact) mass is 224 g/mol. The lowest BCUT2D eigenvalue weighted by molar-refractivity contribution is 0.194. The van der Waals surface area contributed by atoms with Gasteiger partial charge in [-0.2, -0.15) is 0 Å². The van der Waals surface area contributed by atoms with Crippen LogP contribution in [0.15, 0.2) is 12.4 Å². The molecule has 0 fully saturated rings. The van der Waals surface area contributed by atoms with E-state index in [1.807, 2.05) is 13.1 Å². The lowest BCUT2D eigenvalue weighted by Gasteiger charge is -1.96. The zero-order chi connectivity index (χ0) is 10.8. The molecule has 1 N–H and O–H groups in total. The number of aliphatic hydroxyl groups excluding tert-OH is 1. The van der Waals surface area contributed by atoms with Crippen molar-refractivity contribution in [2.75, 3.05) is 0 Å². The van der Waals surface area contributed by atoms with Gasteiger partial charge in [0.25, 0.3) is 0 Å². The molecule has 1 atom stereocenters. The normalized spacial score (nSPS) is 13.0. The van der Waals surface area contributed by atoms with Crippen LogP contribution >= 0.6 is 11.3 Å². The summed E-state index contributed by atoms with van der Waals surface area (Å²) in [6.45, 7) is 4.30. The van der Waals surface area contributed by atoms with E-state index in [0.717, 1.165) is 9.88 Å². The Kier molecular flexibility index (Phi) is 2.79. The highest BCUT2D eigenvalue weighted by molar-refractivity contribution is 7.11. The van der Waals surface area contributed by atoms with Crippen molar-refractivity contribution in [3.8, 4) is 0 Å². The van der Waals surface area contributed by atoms with Gasteiger partial charge in [0.1, 0.15) is 5.69 Å². The second kappa shape index (κ2) is 4.08. The van der Waals surface area contributed by atoms with Gasteiger partial charge in [0.2, 0.25) is 0 Å². The first kappa shape index (κ1) is 10.3. The Morgan fingerprint density at radius 2 is 2.40 bits per heavy atom. The molecule has 0 aliphatic heterocycles. The lowest BCUT2D eigenvalue weighted by Crippen LogP contribution is -1.98. The molecule has 2 rings (SSSR count). The molecule has 0 bridgehead atoms. The predicted octanol–water partition coefficient (Wildman–Crippen LogP) is 1.14. The number of nitrogens with zero attached hydrogens (tertiary/aromatic N) is 4. The standard InChI is InChI=1S/C9H12N4OS/c1-6(14)9-5-13(12-11-9)4-8-3-10-7(2)15-8/h3,5-6,14H,4H2,1-2H3. The highest BCUT2D eigenvalue weighted by atomic mass is 32.1. The Balaban J connectivity index is 2.11. The summed E-state index contributed by atoms with van der Waals surface area (Å²) in [5.41, 5.74) is 0.594. The number of thiazole rings is 1. The van der Waals surface area contributed by atoms with Crippen LogP contribution in [0.2, 0.25) is 0 Å². The van der Waals surface area contributed by atoms with E-state index < -0.39 is 6.10 Å². The second-order valence-electron chi connectivity index (χ2n) is 3.36. The van der Waals surface area contributed by atoms with Gasteiger partial charge >= 0.3 is 0 Å². The van der Waals surface area contributed by atoms with E-state index in [9.17, 15) is 5.11 Å². The second-order valence-corrected chi connectivity index (χ2v) is 4.68. The molecule has 0 saturated heterocycles. The molecule has 5 nitrogen and oxygen atoms in total. The smallest absolute Gasteiger partial charge is 0.111 e. The van der Waals surface area contributed by atoms with Gasteiger partial charge in [-0.1, -0.05) is 5.21 Å². The third kappa shape index (κ3) is 2.40. The van der Waals surface area contributed by atoms with Crippen molar-refractivity contribution in [1.82, 2.24) is 20.0 Å². The molecule has 1 unspecified atom stereocenters. The van der Waals surface area contributed by atoms with Gasteiger partial charge in [0.15, 0.2) is 0 Å². The maximum atomic E-state index is 9.28. The Labute approximate surface area is 91.4 Å². The fourth-order valence-electron chi connectivity index (χ4n) is 1.22. The molecule has 0 aliphatic rings.